The molecule has 4 unspecified atom stereocenters. The third-order valence-electron chi connectivity index (χ3n) is 5.39. The van der Waals surface area contributed by atoms with Crippen molar-refractivity contribution in [1.82, 2.24) is 9.03 Å². The van der Waals surface area contributed by atoms with Gasteiger partial charge in [0.05, 0.1) is 5.92 Å². The van der Waals surface area contributed by atoms with Crippen molar-refractivity contribution in [2.45, 2.75) is 51.0 Å². The molecule has 1 heterocycles. The maximum absolute atomic E-state index is 12.6. The molecule has 4 atom stereocenters. The minimum atomic E-state index is -3.56. The predicted octanol–water partition coefficient (Wildman–Crippen LogP) is 1.20. The first kappa shape index (κ1) is 15.2. The van der Waals surface area contributed by atoms with Gasteiger partial charge in [-0.2, -0.15) is 17.4 Å². The molecule has 1 saturated heterocycles. The molecule has 0 radical (unpaired) electrons. The van der Waals surface area contributed by atoms with E-state index in [-0.39, 0.29) is 11.8 Å². The van der Waals surface area contributed by atoms with E-state index in [1.807, 2.05) is 0 Å². The SMILES string of the molecule is O=C(O)C1C2CCC(C2)C1NS(=O)(=O)N1CCCCCC1. The van der Waals surface area contributed by atoms with Crippen molar-refractivity contribution < 1.29 is 18.3 Å². The van der Waals surface area contributed by atoms with Crippen LogP contribution in [0, 0.1) is 17.8 Å². The summed E-state index contributed by atoms with van der Waals surface area (Å²) in [7, 11) is -3.56. The van der Waals surface area contributed by atoms with E-state index < -0.39 is 28.1 Å². The molecule has 7 heteroatoms. The summed E-state index contributed by atoms with van der Waals surface area (Å²) in [6.07, 6.45) is 6.63. The van der Waals surface area contributed by atoms with E-state index in [4.69, 9.17) is 0 Å². The third-order valence-corrected chi connectivity index (χ3v) is 7.01. The lowest BCUT2D eigenvalue weighted by Gasteiger charge is -2.31. The van der Waals surface area contributed by atoms with Crippen molar-refractivity contribution in [1.29, 1.82) is 0 Å². The number of carboxylic acids is 1. The van der Waals surface area contributed by atoms with Crippen LogP contribution >= 0.6 is 0 Å². The number of carbonyl (C=O) groups is 1. The first-order valence-corrected chi connectivity index (χ1v) is 9.43. The Hall–Kier alpha value is -0.660. The summed E-state index contributed by atoms with van der Waals surface area (Å²) in [5.74, 6) is -1.07. The van der Waals surface area contributed by atoms with E-state index in [9.17, 15) is 18.3 Å². The normalized spacial score (nSPS) is 37.5. The van der Waals surface area contributed by atoms with Gasteiger partial charge < -0.3 is 5.11 Å². The largest absolute Gasteiger partial charge is 0.481 e. The average molecular weight is 316 g/mol. The molecule has 2 saturated carbocycles. The number of aliphatic carboxylic acids is 1. The molecule has 0 aromatic carbocycles. The van der Waals surface area contributed by atoms with E-state index in [0.717, 1.165) is 44.9 Å². The van der Waals surface area contributed by atoms with Gasteiger partial charge >= 0.3 is 5.97 Å². The summed E-state index contributed by atoms with van der Waals surface area (Å²) in [6, 6.07) is -0.422. The fraction of sp³-hybridized carbons (Fsp3) is 0.929. The Kier molecular flexibility index (Phi) is 4.25. The van der Waals surface area contributed by atoms with Crippen LogP contribution in [0.3, 0.4) is 0 Å². The van der Waals surface area contributed by atoms with Crippen molar-refractivity contribution in [3.05, 3.63) is 0 Å². The van der Waals surface area contributed by atoms with E-state index >= 15 is 0 Å². The Labute approximate surface area is 126 Å². The fourth-order valence-electron chi connectivity index (χ4n) is 4.34. The lowest BCUT2D eigenvalue weighted by Crippen LogP contribution is -2.51. The van der Waals surface area contributed by atoms with Gasteiger partial charge in [-0.25, -0.2) is 0 Å². The number of nitrogens with zero attached hydrogens (tertiary/aromatic N) is 1. The van der Waals surface area contributed by atoms with Crippen LogP contribution in [0.1, 0.15) is 44.9 Å². The molecule has 1 aliphatic heterocycles. The molecule has 3 fully saturated rings. The Bertz CT molecular complexity index is 499. The quantitative estimate of drug-likeness (QED) is 0.816. The molecule has 2 aliphatic carbocycles. The highest BCUT2D eigenvalue weighted by Gasteiger charge is 2.52. The first-order chi connectivity index (χ1) is 9.99. The molecule has 2 N–H and O–H groups in total. The summed E-state index contributed by atoms with van der Waals surface area (Å²) in [6.45, 7) is 1.10. The van der Waals surface area contributed by atoms with Gasteiger partial charge in [0.1, 0.15) is 0 Å². The van der Waals surface area contributed by atoms with Gasteiger partial charge in [-0.3, -0.25) is 4.79 Å². The van der Waals surface area contributed by atoms with Gasteiger partial charge in [-0.05, 0) is 43.9 Å². The summed E-state index contributed by atoms with van der Waals surface area (Å²) < 4.78 is 29.4. The molecule has 21 heavy (non-hydrogen) atoms. The van der Waals surface area contributed by atoms with Crippen LogP contribution < -0.4 is 4.72 Å². The minimum absolute atomic E-state index is 0.143. The number of hydrogen-bond donors (Lipinski definition) is 2. The number of fused-ring (bicyclic) bond motifs is 2. The molecule has 3 aliphatic rings. The first-order valence-electron chi connectivity index (χ1n) is 7.99. The minimum Gasteiger partial charge on any atom is -0.481 e. The van der Waals surface area contributed by atoms with Crippen LogP contribution in [-0.4, -0.2) is 42.9 Å². The van der Waals surface area contributed by atoms with Crippen LogP contribution in [0.15, 0.2) is 0 Å². The standard InChI is InChI=1S/C14H24N2O4S/c17-14(18)12-10-5-6-11(9-10)13(12)15-21(19,20)16-7-3-1-2-4-8-16/h10-13,15H,1-9H2,(H,17,18). The monoisotopic (exact) mass is 316 g/mol. The highest BCUT2D eigenvalue weighted by Crippen LogP contribution is 2.48. The molecule has 0 aromatic heterocycles. The molecular weight excluding hydrogens is 292 g/mol. The van der Waals surface area contributed by atoms with Crippen LogP contribution in [0.4, 0.5) is 0 Å². The van der Waals surface area contributed by atoms with E-state index in [0.29, 0.717) is 13.1 Å². The maximum atomic E-state index is 12.6. The number of nitrogens with one attached hydrogen (secondary N) is 1. The van der Waals surface area contributed by atoms with Gasteiger partial charge in [0.25, 0.3) is 10.2 Å². The smallest absolute Gasteiger partial charge is 0.308 e. The lowest BCUT2D eigenvalue weighted by molar-refractivity contribution is -0.144. The summed E-state index contributed by atoms with van der Waals surface area (Å²) in [5, 5.41) is 9.41. The van der Waals surface area contributed by atoms with Crippen LogP contribution in [0.2, 0.25) is 0 Å². The van der Waals surface area contributed by atoms with Crippen molar-refractivity contribution in [2.24, 2.45) is 17.8 Å². The van der Waals surface area contributed by atoms with Crippen molar-refractivity contribution in [3.8, 4) is 0 Å². The van der Waals surface area contributed by atoms with Crippen LogP contribution in [0.5, 0.6) is 0 Å². The number of carboxylic acid groups (broad SMARTS) is 1. The Morgan fingerprint density at radius 2 is 1.67 bits per heavy atom. The van der Waals surface area contributed by atoms with Crippen LogP contribution in [-0.2, 0) is 15.0 Å². The second-order valence-electron chi connectivity index (χ2n) is 6.66. The maximum Gasteiger partial charge on any atom is 0.308 e. The topological polar surface area (TPSA) is 86.7 Å². The van der Waals surface area contributed by atoms with Crippen molar-refractivity contribution in [2.75, 3.05) is 13.1 Å². The second kappa shape index (κ2) is 5.85. The zero-order valence-electron chi connectivity index (χ0n) is 12.2. The molecule has 2 bridgehead atoms. The van der Waals surface area contributed by atoms with Crippen molar-refractivity contribution >= 4 is 16.2 Å². The predicted molar refractivity (Wildman–Crippen MR) is 77.8 cm³/mol. The molecule has 0 amide bonds. The van der Waals surface area contributed by atoms with E-state index in [2.05, 4.69) is 4.72 Å². The summed E-state index contributed by atoms with van der Waals surface area (Å²) in [4.78, 5) is 11.5. The summed E-state index contributed by atoms with van der Waals surface area (Å²) in [5.41, 5.74) is 0. The molecule has 3 rings (SSSR count). The van der Waals surface area contributed by atoms with Gasteiger partial charge in [0.2, 0.25) is 0 Å². The summed E-state index contributed by atoms with van der Waals surface area (Å²) >= 11 is 0. The Balaban J connectivity index is 1.73. The van der Waals surface area contributed by atoms with E-state index in [1.165, 1.54) is 4.31 Å². The number of hydrogen-bond acceptors (Lipinski definition) is 3. The molecule has 0 aromatic rings. The average Bonchev–Trinajstić information content (AvgIpc) is 2.88. The third kappa shape index (κ3) is 2.96. The highest BCUT2D eigenvalue weighted by molar-refractivity contribution is 7.87. The Morgan fingerprint density at radius 1 is 1.05 bits per heavy atom. The molecule has 0 spiro atoms. The van der Waals surface area contributed by atoms with Crippen LogP contribution in [0.25, 0.3) is 0 Å². The van der Waals surface area contributed by atoms with Gasteiger partial charge in [-0.1, -0.05) is 12.8 Å². The van der Waals surface area contributed by atoms with Gasteiger partial charge in [0.15, 0.2) is 0 Å². The molecule has 6 nitrogen and oxygen atoms in total. The zero-order valence-corrected chi connectivity index (χ0v) is 13.0. The van der Waals surface area contributed by atoms with E-state index in [1.54, 1.807) is 0 Å². The molecule has 120 valence electrons. The van der Waals surface area contributed by atoms with Gasteiger partial charge in [0, 0.05) is 19.1 Å². The van der Waals surface area contributed by atoms with Crippen molar-refractivity contribution in [3.63, 3.8) is 0 Å². The lowest BCUT2D eigenvalue weighted by atomic mass is 9.85. The highest BCUT2D eigenvalue weighted by atomic mass is 32.2. The molecular formula is C14H24N2O4S. The fourth-order valence-corrected chi connectivity index (χ4v) is 5.92. The second-order valence-corrected chi connectivity index (χ2v) is 8.36. The number of rotatable bonds is 4. The van der Waals surface area contributed by atoms with Gasteiger partial charge in [-0.15, -0.1) is 0 Å². The Morgan fingerprint density at radius 3 is 2.29 bits per heavy atom. The zero-order chi connectivity index (χ0) is 15.0.